The fourth-order valence-corrected chi connectivity index (χ4v) is 3.02. The molecule has 0 saturated heterocycles. The standard InChI is InChI=1S/C16H9Cl2F2N7/c17-7-2-1-3-8(18)11(7)14-26-12-15(23-6-24-16(12)27-14)25-10-4-9(13(19)20)21-5-22-10/h1-6,13H,(H2,21,22,23,24,25,26,27). The Bertz CT molecular complexity index is 1110. The van der Waals surface area contributed by atoms with Crippen LogP contribution >= 0.6 is 23.2 Å². The highest BCUT2D eigenvalue weighted by molar-refractivity contribution is 6.39. The van der Waals surface area contributed by atoms with Crippen molar-refractivity contribution in [2.24, 2.45) is 0 Å². The molecule has 0 unspecified atom stereocenters. The molecule has 4 aromatic rings. The average Bonchev–Trinajstić information content (AvgIpc) is 3.06. The molecule has 7 nitrogen and oxygen atoms in total. The van der Waals surface area contributed by atoms with Gasteiger partial charge in [-0.15, -0.1) is 0 Å². The topological polar surface area (TPSA) is 92.3 Å². The number of halogens is 4. The Hall–Kier alpha value is -2.91. The maximum atomic E-state index is 12.8. The summed E-state index contributed by atoms with van der Waals surface area (Å²) >= 11 is 12.4. The largest absolute Gasteiger partial charge is 0.333 e. The van der Waals surface area contributed by atoms with Crippen LogP contribution in [0.25, 0.3) is 22.6 Å². The van der Waals surface area contributed by atoms with Crippen molar-refractivity contribution in [3.8, 4) is 11.4 Å². The number of hydrogen-bond acceptors (Lipinski definition) is 6. The Labute approximate surface area is 160 Å². The molecule has 0 bridgehead atoms. The van der Waals surface area contributed by atoms with Gasteiger partial charge in [-0.3, -0.25) is 0 Å². The molecule has 0 saturated carbocycles. The van der Waals surface area contributed by atoms with Crippen molar-refractivity contribution in [1.29, 1.82) is 0 Å². The molecule has 11 heteroatoms. The van der Waals surface area contributed by atoms with Crippen molar-refractivity contribution < 1.29 is 8.78 Å². The van der Waals surface area contributed by atoms with Crippen LogP contribution < -0.4 is 5.32 Å². The van der Waals surface area contributed by atoms with Crippen LogP contribution in [0.4, 0.5) is 20.4 Å². The molecule has 0 spiro atoms. The molecular formula is C16H9Cl2F2N7. The number of nitrogens with zero attached hydrogens (tertiary/aromatic N) is 5. The Kier molecular flexibility index (Phi) is 4.54. The highest BCUT2D eigenvalue weighted by Crippen LogP contribution is 2.34. The highest BCUT2D eigenvalue weighted by atomic mass is 35.5. The Balaban J connectivity index is 1.77. The summed E-state index contributed by atoms with van der Waals surface area (Å²) in [7, 11) is 0. The fraction of sp³-hybridized carbons (Fsp3) is 0.0625. The average molecular weight is 408 g/mol. The zero-order valence-corrected chi connectivity index (χ0v) is 14.8. The van der Waals surface area contributed by atoms with Gasteiger partial charge in [0, 0.05) is 6.07 Å². The summed E-state index contributed by atoms with van der Waals surface area (Å²) < 4.78 is 25.6. The third-order valence-corrected chi connectivity index (χ3v) is 4.28. The molecule has 0 aliphatic carbocycles. The SMILES string of the molecule is FC(F)c1cc(Nc2ncnc3nc(-c4c(Cl)cccc4Cl)[nH]c23)ncn1. The van der Waals surface area contributed by atoms with Gasteiger partial charge >= 0.3 is 0 Å². The van der Waals surface area contributed by atoms with E-state index in [9.17, 15) is 8.78 Å². The van der Waals surface area contributed by atoms with Gasteiger partial charge in [-0.25, -0.2) is 33.7 Å². The second kappa shape index (κ2) is 7.01. The van der Waals surface area contributed by atoms with E-state index in [2.05, 4.69) is 35.2 Å². The van der Waals surface area contributed by atoms with E-state index in [4.69, 9.17) is 23.2 Å². The number of anilines is 2. The van der Waals surface area contributed by atoms with Crippen molar-refractivity contribution >= 4 is 46.0 Å². The molecule has 0 aliphatic rings. The van der Waals surface area contributed by atoms with E-state index in [0.29, 0.717) is 38.4 Å². The number of alkyl halides is 2. The van der Waals surface area contributed by atoms with E-state index in [1.807, 2.05) is 0 Å². The van der Waals surface area contributed by atoms with Gasteiger partial charge < -0.3 is 10.3 Å². The minimum absolute atomic E-state index is 0.159. The molecule has 2 N–H and O–H groups in total. The maximum Gasteiger partial charge on any atom is 0.280 e. The van der Waals surface area contributed by atoms with Crippen LogP contribution in [0, 0.1) is 0 Å². The molecule has 0 atom stereocenters. The summed E-state index contributed by atoms with van der Waals surface area (Å²) in [6, 6.07) is 6.24. The number of fused-ring (bicyclic) bond motifs is 1. The number of hydrogen-bond donors (Lipinski definition) is 2. The van der Waals surface area contributed by atoms with Gasteiger partial charge in [-0.1, -0.05) is 29.3 Å². The number of benzene rings is 1. The third-order valence-electron chi connectivity index (χ3n) is 3.65. The second-order valence-electron chi connectivity index (χ2n) is 5.36. The molecule has 3 heterocycles. The normalized spacial score (nSPS) is 11.3. The molecule has 0 amide bonds. The van der Waals surface area contributed by atoms with Crippen molar-refractivity contribution in [3.63, 3.8) is 0 Å². The van der Waals surface area contributed by atoms with Crippen molar-refractivity contribution in [2.75, 3.05) is 5.32 Å². The van der Waals surface area contributed by atoms with Crippen LogP contribution in [0.15, 0.2) is 36.9 Å². The third kappa shape index (κ3) is 3.38. The van der Waals surface area contributed by atoms with Gasteiger partial charge in [0.1, 0.15) is 35.5 Å². The lowest BCUT2D eigenvalue weighted by Crippen LogP contribution is -2.00. The number of aromatic amines is 1. The summed E-state index contributed by atoms with van der Waals surface area (Å²) in [6.07, 6.45) is -0.372. The van der Waals surface area contributed by atoms with Crippen molar-refractivity contribution in [1.82, 2.24) is 29.9 Å². The molecule has 136 valence electrons. The first-order chi connectivity index (χ1) is 13.0. The smallest absolute Gasteiger partial charge is 0.280 e. The van der Waals surface area contributed by atoms with Gasteiger partial charge in [0.05, 0.1) is 15.6 Å². The molecule has 3 aromatic heterocycles. The molecule has 1 aromatic carbocycles. The molecule has 0 fully saturated rings. The van der Waals surface area contributed by atoms with Gasteiger partial charge in [0.15, 0.2) is 11.5 Å². The summed E-state index contributed by atoms with van der Waals surface area (Å²) in [5.41, 5.74) is 0.917. The first-order valence-corrected chi connectivity index (χ1v) is 8.30. The first-order valence-electron chi connectivity index (χ1n) is 7.55. The zero-order valence-electron chi connectivity index (χ0n) is 13.3. The molecule has 4 rings (SSSR count). The highest BCUT2D eigenvalue weighted by Gasteiger charge is 2.16. The Morgan fingerprint density at radius 2 is 1.74 bits per heavy atom. The first kappa shape index (κ1) is 17.5. The van der Waals surface area contributed by atoms with Gasteiger partial charge in [0.25, 0.3) is 6.43 Å². The number of aromatic nitrogens is 6. The molecule has 27 heavy (non-hydrogen) atoms. The molecule has 0 aliphatic heterocycles. The lowest BCUT2D eigenvalue weighted by atomic mass is 10.2. The predicted molar refractivity (Wildman–Crippen MR) is 97.4 cm³/mol. The fourth-order valence-electron chi connectivity index (χ4n) is 2.45. The number of rotatable bonds is 4. The van der Waals surface area contributed by atoms with E-state index >= 15 is 0 Å². The lowest BCUT2D eigenvalue weighted by molar-refractivity contribution is 0.146. The predicted octanol–water partition coefficient (Wildman–Crippen LogP) is 4.80. The second-order valence-corrected chi connectivity index (χ2v) is 6.17. The van der Waals surface area contributed by atoms with E-state index in [0.717, 1.165) is 12.4 Å². The van der Waals surface area contributed by atoms with Gasteiger partial charge in [0.2, 0.25) is 0 Å². The summed E-state index contributed by atoms with van der Waals surface area (Å²) in [6.45, 7) is 0. The summed E-state index contributed by atoms with van der Waals surface area (Å²) in [5.74, 6) is 0.869. The van der Waals surface area contributed by atoms with Crippen LogP contribution in [0.3, 0.4) is 0 Å². The quantitative estimate of drug-likeness (QED) is 0.504. The maximum absolute atomic E-state index is 12.8. The lowest BCUT2D eigenvalue weighted by Gasteiger charge is -2.06. The monoisotopic (exact) mass is 407 g/mol. The van der Waals surface area contributed by atoms with E-state index < -0.39 is 12.1 Å². The van der Waals surface area contributed by atoms with Crippen LogP contribution in [-0.2, 0) is 0 Å². The van der Waals surface area contributed by atoms with Crippen LogP contribution in [-0.4, -0.2) is 29.9 Å². The number of nitrogens with one attached hydrogen (secondary N) is 2. The van der Waals surface area contributed by atoms with Crippen LogP contribution in [0.5, 0.6) is 0 Å². The minimum Gasteiger partial charge on any atom is -0.333 e. The van der Waals surface area contributed by atoms with Crippen molar-refractivity contribution in [2.45, 2.75) is 6.43 Å². The van der Waals surface area contributed by atoms with Crippen LogP contribution in [0.1, 0.15) is 12.1 Å². The number of H-pyrrole nitrogens is 1. The molecule has 0 radical (unpaired) electrons. The van der Waals surface area contributed by atoms with Crippen molar-refractivity contribution in [3.05, 3.63) is 52.7 Å². The van der Waals surface area contributed by atoms with E-state index in [-0.39, 0.29) is 5.82 Å². The van der Waals surface area contributed by atoms with E-state index in [1.165, 1.54) is 6.33 Å². The Morgan fingerprint density at radius 1 is 1.00 bits per heavy atom. The zero-order chi connectivity index (χ0) is 19.0. The molecular weight excluding hydrogens is 399 g/mol. The van der Waals surface area contributed by atoms with Crippen LogP contribution in [0.2, 0.25) is 10.0 Å². The minimum atomic E-state index is -2.71. The summed E-state index contributed by atoms with van der Waals surface area (Å²) in [5, 5.41) is 3.70. The number of imidazole rings is 1. The van der Waals surface area contributed by atoms with E-state index in [1.54, 1.807) is 18.2 Å². The van der Waals surface area contributed by atoms with Gasteiger partial charge in [-0.2, -0.15) is 0 Å². The Morgan fingerprint density at radius 3 is 2.48 bits per heavy atom. The summed E-state index contributed by atoms with van der Waals surface area (Å²) in [4.78, 5) is 23.1. The van der Waals surface area contributed by atoms with Gasteiger partial charge in [-0.05, 0) is 12.1 Å².